The van der Waals surface area contributed by atoms with Gasteiger partial charge in [0.25, 0.3) is 0 Å². The smallest absolute Gasteiger partial charge is 0.345 e. The third kappa shape index (κ3) is 2.50. The largest absolute Gasteiger partial charge is 0.477 e. The maximum absolute atomic E-state index is 12.6. The number of hydrogen-bond donors (Lipinski definition) is 1. The summed E-state index contributed by atoms with van der Waals surface area (Å²) < 4.78 is 28.6. The van der Waals surface area contributed by atoms with Crippen LogP contribution >= 0.6 is 27.3 Å². The second-order valence-corrected chi connectivity index (χ2v) is 8.61. The fourth-order valence-electron chi connectivity index (χ4n) is 2.02. The Balaban J connectivity index is 1.96. The summed E-state index contributed by atoms with van der Waals surface area (Å²) >= 11 is 4.01. The number of carboxylic acid groups (broad SMARTS) is 1. The number of fused-ring (bicyclic) bond motifs is 1. The Hall–Kier alpha value is -1.30. The number of hydrogen-bond acceptors (Lipinski definition) is 6. The Labute approximate surface area is 132 Å². The van der Waals surface area contributed by atoms with Crippen molar-refractivity contribution in [3.8, 4) is 0 Å². The predicted molar refractivity (Wildman–Crippen MR) is 76.6 cm³/mol. The van der Waals surface area contributed by atoms with Crippen molar-refractivity contribution < 1.29 is 18.3 Å². The number of carboxylic acids is 1. The highest BCUT2D eigenvalue weighted by atomic mass is 79.9. The Morgan fingerprint density at radius 2 is 2.19 bits per heavy atom. The van der Waals surface area contributed by atoms with Crippen LogP contribution in [0.2, 0.25) is 0 Å². The van der Waals surface area contributed by atoms with E-state index in [0.717, 1.165) is 11.3 Å². The molecule has 0 atom stereocenters. The van der Waals surface area contributed by atoms with Crippen molar-refractivity contribution in [1.29, 1.82) is 0 Å². The van der Waals surface area contributed by atoms with Crippen LogP contribution in [0.15, 0.2) is 21.1 Å². The standard InChI is InChI=1S/C10H9BrN4O4S2/c11-9-7(3-6(20-9)10(16)17)21(18,19)15-2-1-14-5-12-13-8(14)4-15/h3,5H,1-2,4H2,(H,16,17). The lowest BCUT2D eigenvalue weighted by Gasteiger charge is -2.26. The second-order valence-electron chi connectivity index (χ2n) is 4.33. The number of sulfonamides is 1. The van der Waals surface area contributed by atoms with Crippen LogP contribution in [0.5, 0.6) is 0 Å². The average Bonchev–Trinajstić information content (AvgIpc) is 3.03. The van der Waals surface area contributed by atoms with E-state index in [-0.39, 0.29) is 26.6 Å². The highest BCUT2D eigenvalue weighted by Crippen LogP contribution is 2.34. The topological polar surface area (TPSA) is 105 Å². The summed E-state index contributed by atoms with van der Waals surface area (Å²) in [6, 6.07) is 1.17. The molecule has 0 saturated carbocycles. The molecule has 112 valence electrons. The van der Waals surface area contributed by atoms with Gasteiger partial charge in [0.05, 0.1) is 10.3 Å². The average molecular weight is 393 g/mol. The minimum absolute atomic E-state index is 0.0272. The molecule has 3 heterocycles. The van der Waals surface area contributed by atoms with E-state index in [1.165, 1.54) is 10.4 Å². The summed E-state index contributed by atoms with van der Waals surface area (Å²) in [5.74, 6) is -0.588. The first-order chi connectivity index (χ1) is 9.89. The van der Waals surface area contributed by atoms with Crippen LogP contribution in [0.1, 0.15) is 15.5 Å². The van der Waals surface area contributed by atoms with Gasteiger partial charge in [-0.05, 0) is 22.0 Å². The van der Waals surface area contributed by atoms with Crippen molar-refractivity contribution in [2.75, 3.05) is 6.54 Å². The molecule has 0 saturated heterocycles. The highest BCUT2D eigenvalue weighted by Gasteiger charge is 2.32. The quantitative estimate of drug-likeness (QED) is 0.834. The van der Waals surface area contributed by atoms with E-state index in [1.807, 2.05) is 0 Å². The molecule has 0 amide bonds. The Bertz CT molecular complexity index is 813. The molecule has 0 fully saturated rings. The predicted octanol–water partition coefficient (Wildman–Crippen LogP) is 1.00. The van der Waals surface area contributed by atoms with Crippen LogP contribution < -0.4 is 0 Å². The Morgan fingerprint density at radius 3 is 2.86 bits per heavy atom. The molecule has 8 nitrogen and oxygen atoms in total. The first-order valence-electron chi connectivity index (χ1n) is 5.79. The molecule has 0 radical (unpaired) electrons. The van der Waals surface area contributed by atoms with E-state index < -0.39 is 16.0 Å². The molecular weight excluding hydrogens is 384 g/mol. The fourth-order valence-corrected chi connectivity index (χ4v) is 5.76. The SMILES string of the molecule is O=C(O)c1cc(S(=O)(=O)N2CCn3cnnc3C2)c(Br)s1. The molecule has 2 aromatic heterocycles. The number of aromatic carboxylic acids is 1. The molecule has 3 rings (SSSR count). The molecule has 11 heteroatoms. The summed E-state index contributed by atoms with van der Waals surface area (Å²) in [5.41, 5.74) is 0. The summed E-state index contributed by atoms with van der Waals surface area (Å²) in [7, 11) is -3.77. The lowest BCUT2D eigenvalue weighted by atomic mass is 10.4. The molecule has 0 aliphatic carbocycles. The Morgan fingerprint density at radius 1 is 1.43 bits per heavy atom. The van der Waals surface area contributed by atoms with Crippen molar-refractivity contribution >= 4 is 43.3 Å². The van der Waals surface area contributed by atoms with Gasteiger partial charge in [0.1, 0.15) is 21.9 Å². The van der Waals surface area contributed by atoms with Gasteiger partial charge in [0.2, 0.25) is 10.0 Å². The van der Waals surface area contributed by atoms with E-state index in [4.69, 9.17) is 5.11 Å². The number of nitrogens with zero attached hydrogens (tertiary/aromatic N) is 4. The number of thiophene rings is 1. The van der Waals surface area contributed by atoms with Crippen LogP contribution in [0, 0.1) is 0 Å². The van der Waals surface area contributed by atoms with Crippen LogP contribution in [-0.4, -0.2) is 45.1 Å². The van der Waals surface area contributed by atoms with Gasteiger partial charge in [0, 0.05) is 13.1 Å². The van der Waals surface area contributed by atoms with Crippen molar-refractivity contribution in [1.82, 2.24) is 19.1 Å². The zero-order valence-corrected chi connectivity index (χ0v) is 13.7. The minimum Gasteiger partial charge on any atom is -0.477 e. The lowest BCUT2D eigenvalue weighted by molar-refractivity contribution is 0.0702. The molecule has 0 spiro atoms. The van der Waals surface area contributed by atoms with Crippen molar-refractivity contribution in [2.45, 2.75) is 18.0 Å². The lowest BCUT2D eigenvalue weighted by Crippen LogP contribution is -2.38. The minimum atomic E-state index is -3.77. The zero-order chi connectivity index (χ0) is 15.2. The molecule has 1 N–H and O–H groups in total. The third-order valence-corrected chi connectivity index (χ3v) is 7.17. The van der Waals surface area contributed by atoms with Crippen LogP contribution in [0.4, 0.5) is 0 Å². The maximum atomic E-state index is 12.6. The van der Waals surface area contributed by atoms with Gasteiger partial charge in [-0.15, -0.1) is 21.5 Å². The van der Waals surface area contributed by atoms with Gasteiger partial charge < -0.3 is 9.67 Å². The number of carbonyl (C=O) groups is 1. The number of rotatable bonds is 3. The van der Waals surface area contributed by atoms with Crippen molar-refractivity contribution in [3.05, 3.63) is 26.9 Å². The zero-order valence-electron chi connectivity index (χ0n) is 10.4. The van der Waals surface area contributed by atoms with E-state index >= 15 is 0 Å². The van der Waals surface area contributed by atoms with E-state index in [1.54, 1.807) is 10.9 Å². The van der Waals surface area contributed by atoms with Crippen LogP contribution in [0.25, 0.3) is 0 Å². The maximum Gasteiger partial charge on any atom is 0.345 e. The monoisotopic (exact) mass is 392 g/mol. The summed E-state index contributed by atoms with van der Waals surface area (Å²) in [6.45, 7) is 0.875. The number of halogens is 1. The molecule has 0 unspecified atom stereocenters. The van der Waals surface area contributed by atoms with Gasteiger partial charge in [-0.2, -0.15) is 4.31 Å². The van der Waals surface area contributed by atoms with Gasteiger partial charge in [-0.3, -0.25) is 0 Å². The summed E-state index contributed by atoms with van der Waals surface area (Å²) in [5, 5.41) is 16.6. The van der Waals surface area contributed by atoms with E-state index in [0.29, 0.717) is 12.4 Å². The van der Waals surface area contributed by atoms with Crippen LogP contribution in [-0.2, 0) is 23.1 Å². The summed E-state index contributed by atoms with van der Waals surface area (Å²) in [6.07, 6.45) is 1.56. The third-order valence-electron chi connectivity index (χ3n) is 3.09. The van der Waals surface area contributed by atoms with Crippen LogP contribution in [0.3, 0.4) is 0 Å². The molecule has 0 bridgehead atoms. The van der Waals surface area contributed by atoms with Crippen molar-refractivity contribution in [3.63, 3.8) is 0 Å². The van der Waals surface area contributed by atoms with E-state index in [9.17, 15) is 13.2 Å². The number of aromatic nitrogens is 3. The molecule has 1 aliphatic rings. The first-order valence-corrected chi connectivity index (χ1v) is 8.84. The van der Waals surface area contributed by atoms with Gasteiger partial charge >= 0.3 is 5.97 Å². The van der Waals surface area contributed by atoms with Gasteiger partial charge in [-0.25, -0.2) is 13.2 Å². The van der Waals surface area contributed by atoms with Gasteiger partial charge in [-0.1, -0.05) is 0 Å². The normalized spacial score (nSPS) is 15.9. The summed E-state index contributed by atoms with van der Waals surface area (Å²) in [4.78, 5) is 10.9. The first kappa shape index (κ1) is 14.6. The second kappa shape index (κ2) is 5.16. The van der Waals surface area contributed by atoms with E-state index in [2.05, 4.69) is 26.1 Å². The van der Waals surface area contributed by atoms with Gasteiger partial charge in [0.15, 0.2) is 0 Å². The highest BCUT2D eigenvalue weighted by molar-refractivity contribution is 9.11. The molecule has 21 heavy (non-hydrogen) atoms. The van der Waals surface area contributed by atoms with Crippen molar-refractivity contribution in [2.24, 2.45) is 0 Å². The molecule has 0 aromatic carbocycles. The fraction of sp³-hybridized carbons (Fsp3) is 0.300. The Kier molecular flexibility index (Phi) is 3.59. The molecular formula is C10H9BrN4O4S2. The molecule has 2 aromatic rings. The molecule has 1 aliphatic heterocycles.